The predicted octanol–water partition coefficient (Wildman–Crippen LogP) is 8.18. The number of carbonyl (C=O) groups is 4. The van der Waals surface area contributed by atoms with Crippen LogP contribution in [0, 0.1) is 23.7 Å². The van der Waals surface area contributed by atoms with E-state index in [0.717, 1.165) is 45.1 Å². The number of hydrogen-bond acceptors (Lipinski definition) is 10. The Balaban J connectivity index is 0.919. The van der Waals surface area contributed by atoms with Crippen LogP contribution in [0.3, 0.4) is 0 Å². The van der Waals surface area contributed by atoms with E-state index in [0.29, 0.717) is 58.9 Å². The van der Waals surface area contributed by atoms with Gasteiger partial charge in [0.1, 0.15) is 36.1 Å². The van der Waals surface area contributed by atoms with Crippen LogP contribution in [0.15, 0.2) is 79.0 Å². The Hall–Kier alpha value is -7.08. The number of rotatable bonds is 12. The third-order valence-electron chi connectivity index (χ3n) is 14.2. The standard InChI is InChI=1S/C50H52F2N8O8/c1-24(2)40(57-49(63)65-4)47(62)60-38(18-32-25(3)43(32)60)44-53-20-36(55-44)29-11-13-31-30(16-29)23-67-39-19-33-28(17-34(31)39)12-14-35-42(33)56-45(54-35)37-15-26(22-68-48(51)52)21-59(37)46(61)41(58-50(64)66-5)27-9-7-6-8-10-27/h6-14,16-17,19-20,24-26,32,37-38,40-41,43,48H,15,18,21-23H2,1-5H3,(H,53,55)(H,54,56)(H,57,63)(H,58,64)/t25-,26+,32+,37+,38+,40+,41-,43-/m1/s1. The number of amides is 4. The Morgan fingerprint density at radius 2 is 1.66 bits per heavy atom. The van der Waals surface area contributed by atoms with Crippen molar-refractivity contribution in [1.29, 1.82) is 0 Å². The average Bonchev–Trinajstić information content (AvgIpc) is 3.98. The lowest BCUT2D eigenvalue weighted by atomic mass is 9.92. The van der Waals surface area contributed by atoms with Gasteiger partial charge in [-0.05, 0) is 82.5 Å². The van der Waals surface area contributed by atoms with Gasteiger partial charge < -0.3 is 49.3 Å². The summed E-state index contributed by atoms with van der Waals surface area (Å²) in [5, 5.41) is 7.13. The first-order valence-electron chi connectivity index (χ1n) is 22.9. The second-order valence-corrected chi connectivity index (χ2v) is 18.5. The van der Waals surface area contributed by atoms with Crippen LogP contribution < -0.4 is 15.4 Å². The quantitative estimate of drug-likeness (QED) is 0.0930. The van der Waals surface area contributed by atoms with Crippen molar-refractivity contribution in [2.75, 3.05) is 27.4 Å². The summed E-state index contributed by atoms with van der Waals surface area (Å²) in [4.78, 5) is 73.4. The van der Waals surface area contributed by atoms with E-state index in [9.17, 15) is 28.0 Å². The van der Waals surface area contributed by atoms with Crippen LogP contribution in [-0.4, -0.2) is 99.8 Å². The number of imidazole rings is 2. The fraction of sp³-hybridized carbons (Fsp3) is 0.400. The number of aromatic amines is 2. The molecule has 4 N–H and O–H groups in total. The molecule has 0 bridgehead atoms. The number of alkyl halides is 2. The SMILES string of the molecule is COC(=O)N[C@H](C(=O)N1[C@@H]2[C@H](C)[C@@H]2C[C@H]1c1ncc(-c2ccc3c(c2)COc2cc4c(ccc5[nH]c([C@@H]6C[C@H](COC(F)F)CN6C(=O)[C@H](NC(=O)OC)c6ccccc6)nc54)cc2-3)[nH]1)C(C)C. The third-order valence-corrected chi connectivity index (χ3v) is 14.2. The Labute approximate surface area is 390 Å². The zero-order valence-electron chi connectivity index (χ0n) is 38.1. The Kier molecular flexibility index (Phi) is 11.8. The van der Waals surface area contributed by atoms with Gasteiger partial charge in [-0.25, -0.2) is 19.6 Å². The summed E-state index contributed by atoms with van der Waals surface area (Å²) in [6, 6.07) is 20.3. The van der Waals surface area contributed by atoms with Gasteiger partial charge in [-0.1, -0.05) is 69.3 Å². The molecule has 3 aliphatic heterocycles. The van der Waals surface area contributed by atoms with Crippen LogP contribution in [0.5, 0.6) is 5.75 Å². The molecule has 2 aromatic heterocycles. The molecule has 354 valence electrons. The number of H-pyrrole nitrogens is 2. The van der Waals surface area contributed by atoms with E-state index in [4.69, 9.17) is 28.9 Å². The van der Waals surface area contributed by atoms with Crippen molar-refractivity contribution in [3.05, 3.63) is 102 Å². The Bertz CT molecular complexity index is 2920. The molecule has 0 unspecified atom stereocenters. The largest absolute Gasteiger partial charge is 0.488 e. The number of aromatic nitrogens is 4. The summed E-state index contributed by atoms with van der Waals surface area (Å²) in [5.41, 5.74) is 6.55. The first-order chi connectivity index (χ1) is 32.8. The van der Waals surface area contributed by atoms with Gasteiger partial charge in [-0.3, -0.25) is 9.59 Å². The number of hydrogen-bond donors (Lipinski definition) is 4. The number of fused-ring (bicyclic) bond motifs is 7. The van der Waals surface area contributed by atoms with Crippen LogP contribution in [0.25, 0.3) is 44.2 Å². The van der Waals surface area contributed by atoms with E-state index in [1.165, 1.54) is 14.2 Å². The molecule has 18 heteroatoms. The molecule has 0 spiro atoms. The van der Waals surface area contributed by atoms with Crippen LogP contribution >= 0.6 is 0 Å². The molecule has 10 rings (SSSR count). The summed E-state index contributed by atoms with van der Waals surface area (Å²) in [7, 11) is 2.50. The molecule has 8 atom stereocenters. The van der Waals surface area contributed by atoms with Crippen molar-refractivity contribution in [1.82, 2.24) is 40.4 Å². The Morgan fingerprint density at radius 3 is 2.41 bits per heavy atom. The van der Waals surface area contributed by atoms with E-state index in [2.05, 4.69) is 45.7 Å². The van der Waals surface area contributed by atoms with Gasteiger partial charge in [0.15, 0.2) is 0 Å². The molecule has 1 aliphatic carbocycles. The molecule has 5 heterocycles. The molecular weight excluding hydrogens is 879 g/mol. The molecule has 2 saturated heterocycles. The lowest BCUT2D eigenvalue weighted by Gasteiger charge is -2.32. The highest BCUT2D eigenvalue weighted by molar-refractivity contribution is 6.07. The molecule has 6 aromatic rings. The number of likely N-dealkylation sites (tertiary alicyclic amines) is 2. The smallest absolute Gasteiger partial charge is 0.407 e. The number of carbonyl (C=O) groups excluding carboxylic acids is 4. The maximum absolute atomic E-state index is 14.4. The van der Waals surface area contributed by atoms with Gasteiger partial charge in [-0.2, -0.15) is 8.78 Å². The van der Waals surface area contributed by atoms with Gasteiger partial charge in [0.2, 0.25) is 5.91 Å². The van der Waals surface area contributed by atoms with Crippen LogP contribution in [-0.2, 0) is 30.4 Å². The molecule has 16 nitrogen and oxygen atoms in total. The monoisotopic (exact) mass is 930 g/mol. The fourth-order valence-electron chi connectivity index (χ4n) is 10.6. The van der Waals surface area contributed by atoms with Crippen molar-refractivity contribution in [3.8, 4) is 28.1 Å². The summed E-state index contributed by atoms with van der Waals surface area (Å²) in [6.07, 6.45) is 1.44. The first kappa shape index (κ1) is 44.7. The summed E-state index contributed by atoms with van der Waals surface area (Å²) in [5.74, 6) is 1.43. The van der Waals surface area contributed by atoms with Gasteiger partial charge in [0.05, 0.1) is 55.8 Å². The lowest BCUT2D eigenvalue weighted by Crippen LogP contribution is -2.52. The minimum absolute atomic E-state index is 0.0879. The fourth-order valence-corrected chi connectivity index (χ4v) is 10.6. The summed E-state index contributed by atoms with van der Waals surface area (Å²) < 4.78 is 47.3. The van der Waals surface area contributed by atoms with Gasteiger partial charge in [0.25, 0.3) is 5.91 Å². The maximum Gasteiger partial charge on any atom is 0.407 e. The maximum atomic E-state index is 14.4. The minimum atomic E-state index is -2.97. The number of methoxy groups -OCH3 is 2. The molecule has 4 amide bonds. The Morgan fingerprint density at radius 1 is 0.882 bits per heavy atom. The molecule has 3 fully saturated rings. The zero-order valence-corrected chi connectivity index (χ0v) is 38.1. The van der Waals surface area contributed by atoms with Crippen molar-refractivity contribution >= 4 is 45.8 Å². The van der Waals surface area contributed by atoms with Crippen LogP contribution in [0.4, 0.5) is 18.4 Å². The summed E-state index contributed by atoms with van der Waals surface area (Å²) >= 11 is 0. The molecule has 0 radical (unpaired) electrons. The van der Waals surface area contributed by atoms with E-state index in [1.54, 1.807) is 41.4 Å². The summed E-state index contributed by atoms with van der Waals surface area (Å²) in [6.45, 7) is 3.14. The molecule has 68 heavy (non-hydrogen) atoms. The molecular formula is C50H52F2N8O8. The highest BCUT2D eigenvalue weighted by atomic mass is 19.3. The molecule has 1 saturated carbocycles. The van der Waals surface area contributed by atoms with Crippen molar-refractivity contribution in [3.63, 3.8) is 0 Å². The number of nitrogens with zero attached hydrogens (tertiary/aromatic N) is 4. The van der Waals surface area contributed by atoms with Crippen molar-refractivity contribution < 1.29 is 46.9 Å². The first-order valence-corrected chi connectivity index (χ1v) is 22.9. The van der Waals surface area contributed by atoms with Crippen molar-refractivity contribution in [2.45, 2.75) is 77.0 Å². The number of benzene rings is 4. The number of ether oxygens (including phenoxy) is 4. The van der Waals surface area contributed by atoms with Crippen LogP contribution in [0.1, 0.15) is 74.5 Å². The van der Waals surface area contributed by atoms with E-state index in [-0.39, 0.29) is 37.1 Å². The number of halogens is 2. The zero-order chi connectivity index (χ0) is 47.5. The topological polar surface area (TPSA) is 193 Å². The number of piperidine rings is 1. The van der Waals surface area contributed by atoms with E-state index >= 15 is 0 Å². The van der Waals surface area contributed by atoms with Crippen molar-refractivity contribution in [2.24, 2.45) is 23.7 Å². The van der Waals surface area contributed by atoms with E-state index < -0.39 is 48.7 Å². The normalized spacial score (nSPS) is 22.4. The lowest BCUT2D eigenvalue weighted by molar-refractivity contribution is -0.139. The van der Waals surface area contributed by atoms with Gasteiger partial charge in [-0.15, -0.1) is 0 Å². The highest BCUT2D eigenvalue weighted by Crippen LogP contribution is 2.57. The third kappa shape index (κ3) is 8.13. The van der Waals surface area contributed by atoms with Gasteiger partial charge >= 0.3 is 18.8 Å². The number of alkyl carbamates (subject to hydrolysis) is 2. The highest BCUT2D eigenvalue weighted by Gasteiger charge is 2.61. The van der Waals surface area contributed by atoms with Gasteiger partial charge in [0, 0.05) is 29.5 Å². The minimum Gasteiger partial charge on any atom is -0.488 e. The predicted molar refractivity (Wildman–Crippen MR) is 245 cm³/mol. The second-order valence-electron chi connectivity index (χ2n) is 18.5. The average molecular weight is 931 g/mol. The molecule has 4 aromatic carbocycles. The van der Waals surface area contributed by atoms with Crippen LogP contribution in [0.2, 0.25) is 0 Å². The number of nitrogens with one attached hydrogen (secondary N) is 4. The van der Waals surface area contributed by atoms with E-state index in [1.807, 2.05) is 43.0 Å². The second kappa shape index (κ2) is 17.9. The molecule has 4 aliphatic rings.